The zero-order chi connectivity index (χ0) is 18.5. The molecule has 0 aliphatic carbocycles. The number of anilines is 2. The number of hydrogen-bond acceptors (Lipinski definition) is 4. The fraction of sp³-hybridized carbons (Fsp3) is 0.150. The van der Waals surface area contributed by atoms with E-state index in [-0.39, 0.29) is 12.3 Å². The van der Waals surface area contributed by atoms with E-state index in [0.717, 1.165) is 27.0 Å². The van der Waals surface area contributed by atoms with Crippen molar-refractivity contribution >= 4 is 33.3 Å². The lowest BCUT2D eigenvalue weighted by molar-refractivity contribution is -0.115. The van der Waals surface area contributed by atoms with Crippen molar-refractivity contribution in [2.45, 2.75) is 19.8 Å². The summed E-state index contributed by atoms with van der Waals surface area (Å²) >= 11 is 3.39. The van der Waals surface area contributed by atoms with Crippen molar-refractivity contribution in [3.05, 3.63) is 70.5 Å². The highest BCUT2D eigenvalue weighted by molar-refractivity contribution is 9.10. The first-order valence-corrected chi connectivity index (χ1v) is 9.10. The highest BCUT2D eigenvalue weighted by Gasteiger charge is 2.11. The SMILES string of the molecule is CCc1nc(-c2ccc(N)cc2)cnc1NC(=O)Cc1ccc(Br)cc1. The van der Waals surface area contributed by atoms with E-state index in [4.69, 9.17) is 5.73 Å². The molecule has 0 fully saturated rings. The highest BCUT2D eigenvalue weighted by atomic mass is 79.9. The highest BCUT2D eigenvalue weighted by Crippen LogP contribution is 2.21. The summed E-state index contributed by atoms with van der Waals surface area (Å²) in [5.41, 5.74) is 9.82. The van der Waals surface area contributed by atoms with Crippen LogP contribution in [0.1, 0.15) is 18.2 Å². The summed E-state index contributed by atoms with van der Waals surface area (Å²) in [5.74, 6) is 0.394. The van der Waals surface area contributed by atoms with Gasteiger partial charge < -0.3 is 11.1 Å². The number of amides is 1. The molecule has 0 atom stereocenters. The molecule has 3 N–H and O–H groups in total. The third-order valence-electron chi connectivity index (χ3n) is 3.92. The third kappa shape index (κ3) is 4.46. The van der Waals surface area contributed by atoms with Crippen LogP contribution >= 0.6 is 15.9 Å². The Labute approximate surface area is 160 Å². The van der Waals surface area contributed by atoms with Crippen molar-refractivity contribution < 1.29 is 4.79 Å². The molecule has 0 radical (unpaired) electrons. The number of benzene rings is 2. The average molecular weight is 411 g/mol. The lowest BCUT2D eigenvalue weighted by Crippen LogP contribution is -2.17. The molecule has 1 heterocycles. The standard InChI is InChI=1S/C20H19BrN4O/c1-2-17-20(25-19(26)11-13-3-7-15(21)8-4-13)23-12-18(24-17)14-5-9-16(22)10-6-14/h3-10,12H,2,11,22H2,1H3,(H,23,25,26). The predicted octanol–water partition coefficient (Wildman–Crippen LogP) is 4.23. The smallest absolute Gasteiger partial charge is 0.229 e. The van der Waals surface area contributed by atoms with E-state index in [2.05, 4.69) is 31.2 Å². The summed E-state index contributed by atoms with van der Waals surface area (Å²) < 4.78 is 0.985. The van der Waals surface area contributed by atoms with Crippen LogP contribution in [0.3, 0.4) is 0 Å². The molecule has 0 saturated carbocycles. The monoisotopic (exact) mass is 410 g/mol. The van der Waals surface area contributed by atoms with Gasteiger partial charge in [-0.25, -0.2) is 9.97 Å². The van der Waals surface area contributed by atoms with E-state index in [1.807, 2.05) is 55.5 Å². The van der Waals surface area contributed by atoms with Crippen molar-refractivity contribution in [1.82, 2.24) is 9.97 Å². The zero-order valence-corrected chi connectivity index (χ0v) is 16.0. The molecule has 0 saturated heterocycles. The van der Waals surface area contributed by atoms with Gasteiger partial charge in [0.25, 0.3) is 0 Å². The first kappa shape index (κ1) is 18.1. The van der Waals surface area contributed by atoms with E-state index in [0.29, 0.717) is 17.9 Å². The molecule has 3 rings (SSSR count). The van der Waals surface area contributed by atoms with E-state index >= 15 is 0 Å². The molecule has 0 unspecified atom stereocenters. The van der Waals surface area contributed by atoms with Gasteiger partial charge in [0.15, 0.2) is 5.82 Å². The Morgan fingerprint density at radius 3 is 2.46 bits per heavy atom. The molecule has 0 aliphatic heterocycles. The maximum absolute atomic E-state index is 12.3. The molecule has 0 spiro atoms. The van der Waals surface area contributed by atoms with Gasteiger partial charge in [-0.05, 0) is 36.2 Å². The number of carbonyl (C=O) groups is 1. The second kappa shape index (κ2) is 8.10. The quantitative estimate of drug-likeness (QED) is 0.616. The first-order chi connectivity index (χ1) is 12.5. The molecule has 1 amide bonds. The van der Waals surface area contributed by atoms with Crippen molar-refractivity contribution in [2.24, 2.45) is 0 Å². The number of rotatable bonds is 5. The topological polar surface area (TPSA) is 80.9 Å². The summed E-state index contributed by atoms with van der Waals surface area (Å²) in [4.78, 5) is 21.4. The van der Waals surface area contributed by atoms with Gasteiger partial charge in [0.2, 0.25) is 5.91 Å². The Hall–Kier alpha value is -2.73. The van der Waals surface area contributed by atoms with E-state index < -0.39 is 0 Å². The predicted molar refractivity (Wildman–Crippen MR) is 108 cm³/mol. The number of nitrogens with one attached hydrogen (secondary N) is 1. The van der Waals surface area contributed by atoms with Crippen molar-refractivity contribution in [3.8, 4) is 11.3 Å². The summed E-state index contributed by atoms with van der Waals surface area (Å²) in [6.45, 7) is 1.99. The molecule has 5 nitrogen and oxygen atoms in total. The average Bonchev–Trinajstić information content (AvgIpc) is 2.64. The number of nitrogen functional groups attached to an aromatic ring is 1. The van der Waals surface area contributed by atoms with Crippen molar-refractivity contribution in [3.63, 3.8) is 0 Å². The Balaban J connectivity index is 1.76. The van der Waals surface area contributed by atoms with Gasteiger partial charge in [0.1, 0.15) is 0 Å². The van der Waals surface area contributed by atoms with Gasteiger partial charge in [0, 0.05) is 15.7 Å². The second-order valence-corrected chi connectivity index (χ2v) is 6.79. The molecule has 26 heavy (non-hydrogen) atoms. The Morgan fingerprint density at radius 1 is 1.12 bits per heavy atom. The van der Waals surface area contributed by atoms with Crippen LogP contribution in [0.15, 0.2) is 59.2 Å². The minimum Gasteiger partial charge on any atom is -0.399 e. The maximum Gasteiger partial charge on any atom is 0.229 e. The molecule has 0 aliphatic rings. The lowest BCUT2D eigenvalue weighted by Gasteiger charge is -2.10. The number of hydrogen-bond donors (Lipinski definition) is 2. The minimum atomic E-state index is -0.114. The molecule has 6 heteroatoms. The molecule has 0 bridgehead atoms. The minimum absolute atomic E-state index is 0.114. The maximum atomic E-state index is 12.3. The van der Waals surface area contributed by atoms with Crippen LogP contribution in [0.2, 0.25) is 0 Å². The number of nitrogens with zero attached hydrogens (tertiary/aromatic N) is 2. The molecule has 3 aromatic rings. The van der Waals surface area contributed by atoms with Crippen LogP contribution in [0.4, 0.5) is 11.5 Å². The largest absolute Gasteiger partial charge is 0.399 e. The van der Waals surface area contributed by atoms with Crippen molar-refractivity contribution in [2.75, 3.05) is 11.1 Å². The van der Waals surface area contributed by atoms with Crippen molar-refractivity contribution in [1.29, 1.82) is 0 Å². The lowest BCUT2D eigenvalue weighted by atomic mass is 10.1. The number of nitrogens with two attached hydrogens (primary N) is 1. The van der Waals surface area contributed by atoms with Gasteiger partial charge in [-0.1, -0.05) is 47.1 Å². The summed E-state index contributed by atoms with van der Waals surface area (Å²) in [5, 5.41) is 2.87. The zero-order valence-electron chi connectivity index (χ0n) is 14.4. The number of aryl methyl sites for hydroxylation is 1. The van der Waals surface area contributed by atoms with E-state index in [1.165, 1.54) is 0 Å². The van der Waals surface area contributed by atoms with E-state index in [9.17, 15) is 4.79 Å². The molecule has 132 valence electrons. The molecular formula is C20H19BrN4O. The van der Waals surface area contributed by atoms with Gasteiger partial charge in [-0.2, -0.15) is 0 Å². The Bertz CT molecular complexity index is 908. The van der Waals surface area contributed by atoms with Gasteiger partial charge >= 0.3 is 0 Å². The normalized spacial score (nSPS) is 10.5. The summed E-state index contributed by atoms with van der Waals surface area (Å²) in [6, 6.07) is 15.1. The van der Waals surface area contributed by atoms with Crippen LogP contribution in [0, 0.1) is 0 Å². The number of aromatic nitrogens is 2. The van der Waals surface area contributed by atoms with Crippen LogP contribution < -0.4 is 11.1 Å². The van der Waals surface area contributed by atoms with Crippen LogP contribution in [-0.2, 0) is 17.6 Å². The fourth-order valence-corrected chi connectivity index (χ4v) is 2.80. The number of halogens is 1. The van der Waals surface area contributed by atoms with Gasteiger partial charge in [0.05, 0.1) is 24.0 Å². The summed E-state index contributed by atoms with van der Waals surface area (Å²) in [7, 11) is 0. The van der Waals surface area contributed by atoms with Gasteiger partial charge in [-0.15, -0.1) is 0 Å². The van der Waals surface area contributed by atoms with Gasteiger partial charge in [-0.3, -0.25) is 4.79 Å². The third-order valence-corrected chi connectivity index (χ3v) is 4.45. The number of carbonyl (C=O) groups excluding carboxylic acids is 1. The Morgan fingerprint density at radius 2 is 1.81 bits per heavy atom. The summed E-state index contributed by atoms with van der Waals surface area (Å²) in [6.07, 6.45) is 2.63. The molecule has 2 aromatic carbocycles. The first-order valence-electron chi connectivity index (χ1n) is 8.31. The van der Waals surface area contributed by atoms with Crippen LogP contribution in [0.25, 0.3) is 11.3 Å². The van der Waals surface area contributed by atoms with Crippen LogP contribution in [-0.4, -0.2) is 15.9 Å². The Kier molecular flexibility index (Phi) is 5.63. The fourth-order valence-electron chi connectivity index (χ4n) is 2.54. The van der Waals surface area contributed by atoms with Crippen LogP contribution in [0.5, 0.6) is 0 Å². The molecule has 1 aromatic heterocycles. The van der Waals surface area contributed by atoms with E-state index in [1.54, 1.807) is 6.20 Å². The second-order valence-electron chi connectivity index (χ2n) is 5.88. The molecular weight excluding hydrogens is 392 g/mol.